The smallest absolute Gasteiger partial charge is 0.405 e. The number of halogens is 1. The Kier molecular flexibility index (Phi) is 6.37. The summed E-state index contributed by atoms with van der Waals surface area (Å²) in [7, 11) is 0. The van der Waals surface area contributed by atoms with Crippen LogP contribution in [0.15, 0.2) is 0 Å². The van der Waals surface area contributed by atoms with Crippen molar-refractivity contribution in [3.05, 3.63) is 0 Å². The third kappa shape index (κ3) is 5.31. The maximum Gasteiger partial charge on any atom is 0.405 e. The molecule has 108 valence electrons. The van der Waals surface area contributed by atoms with Crippen molar-refractivity contribution < 1.29 is 24.2 Å². The minimum absolute atomic E-state index is 0.131. The van der Waals surface area contributed by atoms with Gasteiger partial charge in [-0.1, -0.05) is 0 Å². The molecule has 1 heterocycles. The Morgan fingerprint density at radius 3 is 2.47 bits per heavy atom. The van der Waals surface area contributed by atoms with E-state index in [2.05, 4.69) is 10.6 Å². The lowest BCUT2D eigenvalue weighted by Crippen LogP contribution is -2.55. The first-order valence-corrected chi connectivity index (χ1v) is 6.26. The lowest BCUT2D eigenvalue weighted by molar-refractivity contribution is -0.137. The molecule has 3 N–H and O–H groups in total. The van der Waals surface area contributed by atoms with Gasteiger partial charge in [-0.05, 0) is 0 Å². The summed E-state index contributed by atoms with van der Waals surface area (Å²) in [5.41, 5.74) is 0. The zero-order chi connectivity index (χ0) is 14.3. The lowest BCUT2D eigenvalue weighted by atomic mass is 10.2. The Hall–Kier alpha value is -1.54. The first-order valence-electron chi connectivity index (χ1n) is 5.73. The molecule has 0 aromatic rings. The molecule has 9 heteroatoms. The molecule has 19 heavy (non-hydrogen) atoms. The second-order valence-electron chi connectivity index (χ2n) is 3.88. The number of alkyl halides is 1. The van der Waals surface area contributed by atoms with Crippen molar-refractivity contribution in [3.63, 3.8) is 0 Å². The van der Waals surface area contributed by atoms with E-state index < -0.39 is 18.0 Å². The van der Waals surface area contributed by atoms with E-state index >= 15 is 0 Å². The molecule has 1 aliphatic heterocycles. The Labute approximate surface area is 115 Å². The molecule has 0 radical (unpaired) electrons. The maximum atomic E-state index is 12.1. The second kappa shape index (κ2) is 7.80. The van der Waals surface area contributed by atoms with Crippen molar-refractivity contribution in [2.75, 3.05) is 38.7 Å². The quantitative estimate of drug-likeness (QED) is 0.554. The van der Waals surface area contributed by atoms with Crippen molar-refractivity contribution in [2.24, 2.45) is 0 Å². The van der Waals surface area contributed by atoms with Crippen LogP contribution in [-0.4, -0.2) is 72.7 Å². The van der Waals surface area contributed by atoms with E-state index in [0.717, 1.165) is 0 Å². The lowest BCUT2D eigenvalue weighted by Gasteiger charge is -2.30. The topological polar surface area (TPSA) is 108 Å². The summed E-state index contributed by atoms with van der Waals surface area (Å²) in [6.07, 6.45) is -1.33. The van der Waals surface area contributed by atoms with E-state index in [0.29, 0.717) is 26.3 Å². The number of nitrogens with one attached hydrogen (secondary N) is 2. The first-order chi connectivity index (χ1) is 9.04. The summed E-state index contributed by atoms with van der Waals surface area (Å²) in [6, 6.07) is -1.03. The minimum Gasteiger partial charge on any atom is -0.465 e. The number of carboxylic acid groups (broad SMARTS) is 1. The van der Waals surface area contributed by atoms with Crippen LogP contribution in [0.2, 0.25) is 0 Å². The van der Waals surface area contributed by atoms with Gasteiger partial charge in [0.1, 0.15) is 11.9 Å². The summed E-state index contributed by atoms with van der Waals surface area (Å²) in [6.45, 7) is 1.51. The zero-order valence-corrected chi connectivity index (χ0v) is 11.0. The Bertz CT molecular complexity index is 346. The molecule has 3 amide bonds. The van der Waals surface area contributed by atoms with Gasteiger partial charge in [0.2, 0.25) is 11.8 Å². The Balaban J connectivity index is 2.57. The van der Waals surface area contributed by atoms with Gasteiger partial charge in [-0.2, -0.15) is 0 Å². The molecule has 0 bridgehead atoms. The molecular formula is C10H16ClN3O5. The third-order valence-corrected chi connectivity index (χ3v) is 2.79. The van der Waals surface area contributed by atoms with Gasteiger partial charge in [0.15, 0.2) is 0 Å². The van der Waals surface area contributed by atoms with Crippen LogP contribution < -0.4 is 10.6 Å². The fourth-order valence-corrected chi connectivity index (χ4v) is 1.71. The highest BCUT2D eigenvalue weighted by Crippen LogP contribution is 2.01. The van der Waals surface area contributed by atoms with Crippen LogP contribution in [0.5, 0.6) is 0 Å². The van der Waals surface area contributed by atoms with Gasteiger partial charge in [0.05, 0.1) is 13.2 Å². The molecular weight excluding hydrogens is 278 g/mol. The Morgan fingerprint density at radius 1 is 1.32 bits per heavy atom. The summed E-state index contributed by atoms with van der Waals surface area (Å²) in [5.74, 6) is -1.10. The number of hydrogen-bond acceptors (Lipinski definition) is 4. The molecule has 1 unspecified atom stereocenters. The van der Waals surface area contributed by atoms with Crippen molar-refractivity contribution in [1.82, 2.24) is 15.5 Å². The average molecular weight is 294 g/mol. The van der Waals surface area contributed by atoms with Gasteiger partial charge in [0, 0.05) is 19.6 Å². The normalized spacial score (nSPS) is 16.6. The fourth-order valence-electron chi connectivity index (χ4n) is 1.62. The van der Waals surface area contributed by atoms with Crippen molar-refractivity contribution in [3.8, 4) is 0 Å². The second-order valence-corrected chi connectivity index (χ2v) is 4.14. The van der Waals surface area contributed by atoms with Crippen molar-refractivity contribution >= 4 is 29.5 Å². The van der Waals surface area contributed by atoms with E-state index in [1.165, 1.54) is 4.90 Å². The number of ether oxygens (including phenoxy) is 1. The number of carbonyl (C=O) groups excluding carboxylic acids is 2. The zero-order valence-electron chi connectivity index (χ0n) is 10.2. The molecule has 8 nitrogen and oxygen atoms in total. The summed E-state index contributed by atoms with van der Waals surface area (Å²) < 4.78 is 5.11. The summed E-state index contributed by atoms with van der Waals surface area (Å²) in [5, 5.41) is 13.2. The van der Waals surface area contributed by atoms with Crippen LogP contribution in [0.4, 0.5) is 4.79 Å². The highest BCUT2D eigenvalue weighted by molar-refractivity contribution is 6.27. The minimum atomic E-state index is -1.33. The van der Waals surface area contributed by atoms with Gasteiger partial charge in [0.25, 0.3) is 0 Å². The van der Waals surface area contributed by atoms with Gasteiger partial charge in [-0.25, -0.2) is 4.79 Å². The van der Waals surface area contributed by atoms with Gasteiger partial charge >= 0.3 is 6.09 Å². The van der Waals surface area contributed by atoms with Crippen LogP contribution in [0.1, 0.15) is 0 Å². The van der Waals surface area contributed by atoms with E-state index in [4.69, 9.17) is 21.4 Å². The van der Waals surface area contributed by atoms with E-state index in [1.807, 2.05) is 0 Å². The molecule has 1 atom stereocenters. The van der Waals surface area contributed by atoms with E-state index in [9.17, 15) is 14.4 Å². The maximum absolute atomic E-state index is 12.1. The predicted octanol–water partition coefficient (Wildman–Crippen LogP) is -1.16. The largest absolute Gasteiger partial charge is 0.465 e. The fraction of sp³-hybridized carbons (Fsp3) is 0.700. The monoisotopic (exact) mass is 293 g/mol. The number of carbonyl (C=O) groups is 3. The predicted molar refractivity (Wildman–Crippen MR) is 66.1 cm³/mol. The van der Waals surface area contributed by atoms with Crippen molar-refractivity contribution in [2.45, 2.75) is 6.04 Å². The van der Waals surface area contributed by atoms with Gasteiger partial charge in [-0.3, -0.25) is 9.59 Å². The molecule has 1 aliphatic rings. The molecule has 1 fully saturated rings. The number of amides is 3. The standard InChI is InChI=1S/C10H16ClN3O5/c11-5-8(15)12-6-7(13-10(17)18)9(16)14-1-3-19-4-2-14/h7,13H,1-6H2,(H,12,15)(H,17,18). The molecule has 0 saturated carbocycles. The van der Waals surface area contributed by atoms with Crippen LogP contribution >= 0.6 is 11.6 Å². The first kappa shape index (κ1) is 15.5. The molecule has 0 aromatic heterocycles. The average Bonchev–Trinajstić information content (AvgIpc) is 2.42. The SMILES string of the molecule is O=C(O)NC(CNC(=O)CCl)C(=O)N1CCOCC1. The van der Waals surface area contributed by atoms with Gasteiger partial charge < -0.3 is 25.4 Å². The summed E-state index contributed by atoms with van der Waals surface area (Å²) in [4.78, 5) is 35.3. The van der Waals surface area contributed by atoms with Crippen LogP contribution in [-0.2, 0) is 14.3 Å². The van der Waals surface area contributed by atoms with Gasteiger partial charge in [-0.15, -0.1) is 11.6 Å². The van der Waals surface area contributed by atoms with Crippen LogP contribution in [0.3, 0.4) is 0 Å². The Morgan fingerprint density at radius 2 is 1.95 bits per heavy atom. The molecule has 0 aromatic carbocycles. The molecule has 1 saturated heterocycles. The summed E-state index contributed by atoms with van der Waals surface area (Å²) >= 11 is 5.31. The number of rotatable bonds is 5. The molecule has 1 rings (SSSR count). The molecule has 0 spiro atoms. The molecule has 0 aliphatic carbocycles. The highest BCUT2D eigenvalue weighted by Gasteiger charge is 2.27. The van der Waals surface area contributed by atoms with E-state index in [-0.39, 0.29) is 18.3 Å². The number of hydrogen-bond donors (Lipinski definition) is 3. The van der Waals surface area contributed by atoms with Crippen LogP contribution in [0, 0.1) is 0 Å². The number of morpholine rings is 1. The highest BCUT2D eigenvalue weighted by atomic mass is 35.5. The number of nitrogens with zero attached hydrogens (tertiary/aromatic N) is 1. The van der Waals surface area contributed by atoms with E-state index in [1.54, 1.807) is 0 Å². The third-order valence-electron chi connectivity index (χ3n) is 2.54. The van der Waals surface area contributed by atoms with Crippen LogP contribution in [0.25, 0.3) is 0 Å². The van der Waals surface area contributed by atoms with Crippen molar-refractivity contribution in [1.29, 1.82) is 0 Å².